The van der Waals surface area contributed by atoms with E-state index in [1.165, 1.54) is 6.07 Å². The van der Waals surface area contributed by atoms with Crippen LogP contribution in [0.25, 0.3) is 0 Å². The van der Waals surface area contributed by atoms with E-state index in [4.69, 9.17) is 0 Å². The number of nitrogens with one attached hydrogen (secondary N) is 1. The lowest BCUT2D eigenvalue weighted by atomic mass is 10.1. The summed E-state index contributed by atoms with van der Waals surface area (Å²) in [5.41, 5.74) is 0.0259. The van der Waals surface area contributed by atoms with Crippen LogP contribution in [-0.4, -0.2) is 38.1 Å². The van der Waals surface area contributed by atoms with Crippen molar-refractivity contribution in [1.29, 1.82) is 0 Å². The Morgan fingerprint density at radius 2 is 2.15 bits per heavy atom. The minimum atomic E-state index is -2.91. The van der Waals surface area contributed by atoms with Crippen LogP contribution < -0.4 is 5.32 Å². The summed E-state index contributed by atoms with van der Waals surface area (Å²) in [4.78, 5) is 0. The number of aliphatic hydroxyl groups is 1. The monoisotopic (exact) mass is 305 g/mol. The van der Waals surface area contributed by atoms with E-state index < -0.39 is 27.6 Å². The first-order valence-corrected chi connectivity index (χ1v) is 8.24. The highest BCUT2D eigenvalue weighted by atomic mass is 32.2. The number of sulfone groups is 1. The lowest BCUT2D eigenvalue weighted by Crippen LogP contribution is -2.28. The highest BCUT2D eigenvalue weighted by Crippen LogP contribution is 2.19. The molecule has 1 aromatic rings. The van der Waals surface area contributed by atoms with E-state index in [0.29, 0.717) is 13.0 Å². The van der Waals surface area contributed by atoms with Gasteiger partial charge in [-0.1, -0.05) is 6.07 Å². The van der Waals surface area contributed by atoms with E-state index in [1.54, 1.807) is 0 Å². The second-order valence-corrected chi connectivity index (χ2v) is 7.34. The van der Waals surface area contributed by atoms with Crippen LogP contribution in [0.3, 0.4) is 0 Å². The molecule has 7 heteroatoms. The summed E-state index contributed by atoms with van der Waals surface area (Å²) < 4.78 is 48.7. The van der Waals surface area contributed by atoms with Crippen molar-refractivity contribution in [3.8, 4) is 0 Å². The molecule has 1 fully saturated rings. The first kappa shape index (κ1) is 15.3. The van der Waals surface area contributed by atoms with Crippen LogP contribution in [0.1, 0.15) is 18.1 Å². The average Bonchev–Trinajstić information content (AvgIpc) is 2.68. The molecule has 2 atom stereocenters. The summed E-state index contributed by atoms with van der Waals surface area (Å²) >= 11 is 0. The molecular formula is C13H17F2NO3S. The van der Waals surface area contributed by atoms with Gasteiger partial charge in [0, 0.05) is 18.2 Å². The Bertz CT molecular complexity index is 577. The quantitative estimate of drug-likeness (QED) is 0.852. The Morgan fingerprint density at radius 3 is 2.75 bits per heavy atom. The van der Waals surface area contributed by atoms with Gasteiger partial charge in [-0.15, -0.1) is 0 Å². The van der Waals surface area contributed by atoms with E-state index >= 15 is 0 Å². The zero-order valence-corrected chi connectivity index (χ0v) is 11.7. The summed E-state index contributed by atoms with van der Waals surface area (Å²) in [6.45, 7) is 0.554. The maximum absolute atomic E-state index is 13.4. The fraction of sp³-hybridized carbons (Fsp3) is 0.538. The van der Waals surface area contributed by atoms with Crippen LogP contribution in [0.4, 0.5) is 8.78 Å². The van der Waals surface area contributed by atoms with Crippen molar-refractivity contribution < 1.29 is 22.3 Å². The number of aliphatic hydroxyl groups excluding tert-OH is 1. The summed E-state index contributed by atoms with van der Waals surface area (Å²) in [7, 11) is -2.91. The summed E-state index contributed by atoms with van der Waals surface area (Å²) in [5.74, 6) is -1.09. The van der Waals surface area contributed by atoms with E-state index in [1.807, 2.05) is 0 Å². The highest BCUT2D eigenvalue weighted by Gasteiger charge is 2.27. The highest BCUT2D eigenvalue weighted by molar-refractivity contribution is 7.91. The number of hydrogen-bond acceptors (Lipinski definition) is 4. The maximum atomic E-state index is 13.4. The molecule has 0 bridgehead atoms. The van der Waals surface area contributed by atoms with Crippen LogP contribution in [0, 0.1) is 17.6 Å². The lowest BCUT2D eigenvalue weighted by molar-refractivity contribution is 0.168. The Labute approximate surface area is 116 Å². The molecule has 0 spiro atoms. The molecule has 2 unspecified atom stereocenters. The smallest absolute Gasteiger partial charge is 0.150 e. The first-order valence-electron chi connectivity index (χ1n) is 6.41. The van der Waals surface area contributed by atoms with E-state index in [2.05, 4.69) is 5.32 Å². The van der Waals surface area contributed by atoms with Crippen molar-refractivity contribution in [2.75, 3.05) is 24.6 Å². The summed E-state index contributed by atoms with van der Waals surface area (Å²) in [6.07, 6.45) is -0.482. The molecule has 112 valence electrons. The van der Waals surface area contributed by atoms with E-state index in [-0.39, 0.29) is 29.5 Å². The summed E-state index contributed by atoms with van der Waals surface area (Å²) in [5, 5.41) is 12.8. The van der Waals surface area contributed by atoms with Crippen molar-refractivity contribution >= 4 is 9.84 Å². The second kappa shape index (κ2) is 6.15. The Hall–Kier alpha value is -1.05. The van der Waals surface area contributed by atoms with Crippen LogP contribution in [0.2, 0.25) is 0 Å². The SMILES string of the molecule is O=S1(=O)CCC(CNCC(O)c2ccc(F)cc2F)C1. The molecule has 1 aliphatic rings. The number of hydrogen-bond donors (Lipinski definition) is 2. The minimum Gasteiger partial charge on any atom is -0.387 e. The van der Waals surface area contributed by atoms with Crippen LogP contribution >= 0.6 is 0 Å². The summed E-state index contributed by atoms with van der Waals surface area (Å²) in [6, 6.07) is 3.02. The largest absolute Gasteiger partial charge is 0.387 e. The van der Waals surface area contributed by atoms with Crippen molar-refractivity contribution in [2.24, 2.45) is 5.92 Å². The van der Waals surface area contributed by atoms with Gasteiger partial charge in [0.1, 0.15) is 11.6 Å². The Balaban J connectivity index is 1.82. The van der Waals surface area contributed by atoms with Crippen LogP contribution in [0.15, 0.2) is 18.2 Å². The van der Waals surface area contributed by atoms with Gasteiger partial charge < -0.3 is 10.4 Å². The van der Waals surface area contributed by atoms with Gasteiger partial charge in [0.25, 0.3) is 0 Å². The van der Waals surface area contributed by atoms with Crippen molar-refractivity contribution in [2.45, 2.75) is 12.5 Å². The molecule has 1 saturated heterocycles. The predicted octanol–water partition coefficient (Wildman–Crippen LogP) is 1.02. The van der Waals surface area contributed by atoms with Gasteiger partial charge in [-0.05, 0) is 24.9 Å². The standard InChI is InChI=1S/C13H17F2NO3S/c14-10-1-2-11(12(15)5-10)13(17)7-16-6-9-3-4-20(18,19)8-9/h1-2,5,9,13,16-17H,3-4,6-8H2. The second-order valence-electron chi connectivity index (χ2n) is 5.11. The fourth-order valence-electron chi connectivity index (χ4n) is 2.34. The van der Waals surface area contributed by atoms with Gasteiger partial charge >= 0.3 is 0 Å². The minimum absolute atomic E-state index is 0.0259. The van der Waals surface area contributed by atoms with E-state index in [0.717, 1.165) is 12.1 Å². The predicted molar refractivity (Wildman–Crippen MR) is 70.9 cm³/mol. The van der Waals surface area contributed by atoms with Gasteiger partial charge in [-0.2, -0.15) is 0 Å². The molecule has 0 saturated carbocycles. The molecule has 0 amide bonds. The molecule has 20 heavy (non-hydrogen) atoms. The molecule has 0 aliphatic carbocycles. The third-order valence-electron chi connectivity index (χ3n) is 3.42. The number of halogens is 2. The lowest BCUT2D eigenvalue weighted by Gasteiger charge is -2.15. The zero-order chi connectivity index (χ0) is 14.8. The van der Waals surface area contributed by atoms with E-state index in [9.17, 15) is 22.3 Å². The molecule has 2 rings (SSSR count). The topological polar surface area (TPSA) is 66.4 Å². The molecule has 0 aromatic heterocycles. The zero-order valence-electron chi connectivity index (χ0n) is 10.9. The third-order valence-corrected chi connectivity index (χ3v) is 5.26. The average molecular weight is 305 g/mol. The number of benzene rings is 1. The maximum Gasteiger partial charge on any atom is 0.150 e. The first-order chi connectivity index (χ1) is 9.37. The van der Waals surface area contributed by atoms with Crippen LogP contribution in [0.5, 0.6) is 0 Å². The molecule has 2 N–H and O–H groups in total. The molecule has 4 nitrogen and oxygen atoms in total. The Morgan fingerprint density at radius 1 is 1.40 bits per heavy atom. The number of rotatable bonds is 5. The molecule has 1 aromatic carbocycles. The van der Waals surface area contributed by atoms with Gasteiger partial charge in [0.2, 0.25) is 0 Å². The van der Waals surface area contributed by atoms with Gasteiger partial charge in [-0.25, -0.2) is 17.2 Å². The van der Waals surface area contributed by atoms with Crippen molar-refractivity contribution in [1.82, 2.24) is 5.32 Å². The van der Waals surface area contributed by atoms with Gasteiger partial charge in [-0.3, -0.25) is 0 Å². The van der Waals surface area contributed by atoms with Crippen molar-refractivity contribution in [3.05, 3.63) is 35.4 Å². The van der Waals surface area contributed by atoms with Crippen LogP contribution in [-0.2, 0) is 9.84 Å². The molecule has 1 aliphatic heterocycles. The molecular weight excluding hydrogens is 288 g/mol. The molecule has 1 heterocycles. The molecule has 0 radical (unpaired) electrons. The Kier molecular flexibility index (Phi) is 4.72. The van der Waals surface area contributed by atoms with Crippen molar-refractivity contribution in [3.63, 3.8) is 0 Å². The fourth-order valence-corrected chi connectivity index (χ4v) is 4.20. The van der Waals surface area contributed by atoms with Gasteiger partial charge in [0.05, 0.1) is 17.6 Å². The normalized spacial score (nSPS) is 22.9. The van der Waals surface area contributed by atoms with Gasteiger partial charge in [0.15, 0.2) is 9.84 Å². The third kappa shape index (κ3) is 3.97.